The lowest BCUT2D eigenvalue weighted by Gasteiger charge is -2.10. The van der Waals surface area contributed by atoms with E-state index in [0.29, 0.717) is 29.1 Å². The van der Waals surface area contributed by atoms with Crippen molar-refractivity contribution in [1.29, 1.82) is 0 Å². The number of carbonyl (C=O) groups is 2. The molecule has 0 spiro atoms. The first-order chi connectivity index (χ1) is 14.2. The van der Waals surface area contributed by atoms with Crippen molar-refractivity contribution < 1.29 is 14.3 Å². The normalized spacial score (nSPS) is 10.2. The van der Waals surface area contributed by atoms with Gasteiger partial charge in [-0.05, 0) is 36.6 Å². The van der Waals surface area contributed by atoms with E-state index in [4.69, 9.17) is 4.74 Å². The number of anilines is 1. The second-order valence-electron chi connectivity index (χ2n) is 6.46. The van der Waals surface area contributed by atoms with Crippen molar-refractivity contribution in [1.82, 2.24) is 10.3 Å². The van der Waals surface area contributed by atoms with Gasteiger partial charge in [-0.1, -0.05) is 42.5 Å². The fraction of sp³-hybridized carbons (Fsp3) is 0.174. The third-order valence-electron chi connectivity index (χ3n) is 4.39. The number of aromatic nitrogens is 1. The fourth-order valence-corrected chi connectivity index (χ4v) is 2.87. The molecule has 0 aliphatic heterocycles. The maximum Gasteiger partial charge on any atom is 0.257 e. The molecule has 0 bridgehead atoms. The molecule has 0 aliphatic carbocycles. The smallest absolute Gasteiger partial charge is 0.257 e. The summed E-state index contributed by atoms with van der Waals surface area (Å²) >= 11 is 0. The molecule has 29 heavy (non-hydrogen) atoms. The molecule has 2 aromatic carbocycles. The lowest BCUT2D eigenvalue weighted by molar-refractivity contribution is 0.0953. The Kier molecular flexibility index (Phi) is 6.95. The van der Waals surface area contributed by atoms with Crippen molar-refractivity contribution in [3.8, 4) is 5.75 Å². The van der Waals surface area contributed by atoms with Crippen molar-refractivity contribution in [3.05, 3.63) is 89.7 Å². The summed E-state index contributed by atoms with van der Waals surface area (Å²) in [6.07, 6.45) is 4.60. The van der Waals surface area contributed by atoms with Gasteiger partial charge in [-0.15, -0.1) is 0 Å². The van der Waals surface area contributed by atoms with Gasteiger partial charge < -0.3 is 15.4 Å². The molecule has 0 radical (unpaired) electrons. The standard InChI is InChI=1S/C23H23N3O3/c1-29-21-12-6-5-11-20(21)26-23(28)19-14-18(15-24-16-19)22(27)25-13-7-10-17-8-3-2-4-9-17/h2-6,8-9,11-12,14-16H,7,10,13H2,1H3,(H,25,27)(H,26,28). The second kappa shape index (κ2) is 10.0. The number of benzene rings is 2. The number of methoxy groups -OCH3 is 1. The monoisotopic (exact) mass is 389 g/mol. The molecule has 0 atom stereocenters. The number of pyridine rings is 1. The van der Waals surface area contributed by atoms with E-state index in [1.165, 1.54) is 31.1 Å². The maximum atomic E-state index is 12.5. The number of amides is 2. The highest BCUT2D eigenvalue weighted by molar-refractivity contribution is 6.06. The highest BCUT2D eigenvalue weighted by Crippen LogP contribution is 2.23. The minimum absolute atomic E-state index is 0.252. The van der Waals surface area contributed by atoms with E-state index < -0.39 is 0 Å². The summed E-state index contributed by atoms with van der Waals surface area (Å²) in [5, 5.41) is 5.65. The van der Waals surface area contributed by atoms with E-state index in [0.717, 1.165) is 12.8 Å². The molecule has 1 heterocycles. The van der Waals surface area contributed by atoms with E-state index in [1.807, 2.05) is 24.3 Å². The van der Waals surface area contributed by atoms with Gasteiger partial charge in [-0.3, -0.25) is 14.6 Å². The number of para-hydroxylation sites is 2. The number of nitrogens with one attached hydrogen (secondary N) is 2. The number of ether oxygens (including phenoxy) is 1. The molecule has 0 saturated carbocycles. The van der Waals surface area contributed by atoms with E-state index in [2.05, 4.69) is 27.8 Å². The largest absolute Gasteiger partial charge is 0.495 e. The van der Waals surface area contributed by atoms with E-state index >= 15 is 0 Å². The number of hydrogen-bond donors (Lipinski definition) is 2. The van der Waals surface area contributed by atoms with Crippen LogP contribution in [0.25, 0.3) is 0 Å². The van der Waals surface area contributed by atoms with Crippen molar-refractivity contribution in [2.24, 2.45) is 0 Å². The molecule has 1 aromatic heterocycles. The van der Waals surface area contributed by atoms with E-state index in [-0.39, 0.29) is 11.8 Å². The van der Waals surface area contributed by atoms with Crippen LogP contribution < -0.4 is 15.4 Å². The number of nitrogens with zero attached hydrogens (tertiary/aromatic N) is 1. The van der Waals surface area contributed by atoms with Gasteiger partial charge in [0.25, 0.3) is 11.8 Å². The highest BCUT2D eigenvalue weighted by Gasteiger charge is 2.13. The summed E-state index contributed by atoms with van der Waals surface area (Å²) in [4.78, 5) is 29.0. The average molecular weight is 389 g/mol. The number of aryl methyl sites for hydroxylation is 1. The zero-order chi connectivity index (χ0) is 20.5. The van der Waals surface area contributed by atoms with Crippen LogP contribution in [-0.2, 0) is 6.42 Å². The zero-order valence-electron chi connectivity index (χ0n) is 16.2. The Balaban J connectivity index is 1.56. The van der Waals surface area contributed by atoms with Gasteiger partial charge in [-0.25, -0.2) is 0 Å². The Hall–Kier alpha value is -3.67. The van der Waals surface area contributed by atoms with Gasteiger partial charge in [0.2, 0.25) is 0 Å². The van der Waals surface area contributed by atoms with Gasteiger partial charge in [0.15, 0.2) is 0 Å². The molecule has 2 amide bonds. The number of hydrogen-bond acceptors (Lipinski definition) is 4. The SMILES string of the molecule is COc1ccccc1NC(=O)c1cncc(C(=O)NCCCc2ccccc2)c1. The fourth-order valence-electron chi connectivity index (χ4n) is 2.87. The lowest BCUT2D eigenvalue weighted by atomic mass is 10.1. The quantitative estimate of drug-likeness (QED) is 0.576. The summed E-state index contributed by atoms with van der Waals surface area (Å²) in [6.45, 7) is 0.547. The van der Waals surface area contributed by atoms with Crippen LogP contribution in [0.15, 0.2) is 73.1 Å². The van der Waals surface area contributed by atoms with Crippen LogP contribution in [0.3, 0.4) is 0 Å². The molecular formula is C23H23N3O3. The van der Waals surface area contributed by atoms with Crippen molar-refractivity contribution in [2.45, 2.75) is 12.8 Å². The Labute approximate surface area is 169 Å². The molecule has 148 valence electrons. The summed E-state index contributed by atoms with van der Waals surface area (Å²) in [5.74, 6) is -0.0562. The molecule has 0 aliphatic rings. The predicted octanol–water partition coefficient (Wildman–Crippen LogP) is 3.71. The van der Waals surface area contributed by atoms with Crippen LogP contribution in [0.5, 0.6) is 5.75 Å². The predicted molar refractivity (Wildman–Crippen MR) is 112 cm³/mol. The third-order valence-corrected chi connectivity index (χ3v) is 4.39. The molecular weight excluding hydrogens is 366 g/mol. The maximum absolute atomic E-state index is 12.5. The molecule has 6 heteroatoms. The van der Waals surface area contributed by atoms with Crippen molar-refractivity contribution in [3.63, 3.8) is 0 Å². The molecule has 0 unspecified atom stereocenters. The van der Waals surface area contributed by atoms with Gasteiger partial charge >= 0.3 is 0 Å². The minimum Gasteiger partial charge on any atom is -0.495 e. The topological polar surface area (TPSA) is 80.3 Å². The molecule has 6 nitrogen and oxygen atoms in total. The third kappa shape index (κ3) is 5.65. The number of rotatable bonds is 8. The van der Waals surface area contributed by atoms with Gasteiger partial charge in [0.05, 0.1) is 23.9 Å². The molecule has 2 N–H and O–H groups in total. The molecule has 0 fully saturated rings. The lowest BCUT2D eigenvalue weighted by Crippen LogP contribution is -2.25. The first kappa shape index (κ1) is 20.1. The van der Waals surface area contributed by atoms with Gasteiger partial charge in [0, 0.05) is 18.9 Å². The van der Waals surface area contributed by atoms with Crippen molar-refractivity contribution >= 4 is 17.5 Å². The molecule has 3 aromatic rings. The Morgan fingerprint density at radius 2 is 1.62 bits per heavy atom. The van der Waals surface area contributed by atoms with Gasteiger partial charge in [-0.2, -0.15) is 0 Å². The summed E-state index contributed by atoms with van der Waals surface area (Å²) < 4.78 is 5.24. The zero-order valence-corrected chi connectivity index (χ0v) is 16.2. The summed E-state index contributed by atoms with van der Waals surface area (Å²) in [7, 11) is 1.54. The first-order valence-electron chi connectivity index (χ1n) is 9.39. The second-order valence-corrected chi connectivity index (χ2v) is 6.46. The Morgan fingerprint density at radius 3 is 2.38 bits per heavy atom. The van der Waals surface area contributed by atoms with Crippen LogP contribution in [0, 0.1) is 0 Å². The van der Waals surface area contributed by atoms with Crippen LogP contribution in [0.2, 0.25) is 0 Å². The average Bonchev–Trinajstić information content (AvgIpc) is 2.77. The van der Waals surface area contributed by atoms with Crippen molar-refractivity contribution in [2.75, 3.05) is 19.0 Å². The molecule has 0 saturated heterocycles. The summed E-state index contributed by atoms with van der Waals surface area (Å²) in [5.41, 5.74) is 2.43. The first-order valence-corrected chi connectivity index (χ1v) is 9.39. The van der Waals surface area contributed by atoms with Gasteiger partial charge in [0.1, 0.15) is 5.75 Å². The van der Waals surface area contributed by atoms with Crippen LogP contribution in [-0.4, -0.2) is 30.5 Å². The summed E-state index contributed by atoms with van der Waals surface area (Å²) in [6, 6.07) is 18.8. The van der Waals surface area contributed by atoms with Crippen LogP contribution in [0.1, 0.15) is 32.7 Å². The van der Waals surface area contributed by atoms with E-state index in [9.17, 15) is 9.59 Å². The van der Waals surface area contributed by atoms with E-state index in [1.54, 1.807) is 18.2 Å². The van der Waals surface area contributed by atoms with Crippen LogP contribution >= 0.6 is 0 Å². The Morgan fingerprint density at radius 1 is 0.931 bits per heavy atom. The highest BCUT2D eigenvalue weighted by atomic mass is 16.5. The number of carbonyl (C=O) groups excluding carboxylic acids is 2. The Bertz CT molecular complexity index is 974. The van der Waals surface area contributed by atoms with Crippen LogP contribution in [0.4, 0.5) is 5.69 Å². The minimum atomic E-state index is -0.360. The molecule has 3 rings (SSSR count).